The molecule has 2 heterocycles. The van der Waals surface area contributed by atoms with E-state index >= 15 is 0 Å². The molecule has 0 saturated heterocycles. The molecular weight excluding hydrogens is 322 g/mol. The van der Waals surface area contributed by atoms with Crippen LogP contribution in [0.2, 0.25) is 0 Å². The number of hydrogen-bond donors (Lipinski definition) is 1. The zero-order chi connectivity index (χ0) is 17.9. The lowest BCUT2D eigenvalue weighted by atomic mass is 10.0. The summed E-state index contributed by atoms with van der Waals surface area (Å²) in [5.41, 5.74) is 4.01. The summed E-state index contributed by atoms with van der Waals surface area (Å²) in [5.74, 6) is 1.41. The third-order valence-electron chi connectivity index (χ3n) is 5.31. The molecule has 1 amide bonds. The van der Waals surface area contributed by atoms with E-state index in [4.69, 9.17) is 4.98 Å². The first kappa shape index (κ1) is 16.8. The van der Waals surface area contributed by atoms with Gasteiger partial charge in [-0.25, -0.2) is 4.98 Å². The second-order valence-corrected chi connectivity index (χ2v) is 7.22. The highest BCUT2D eigenvalue weighted by Gasteiger charge is 2.15. The average molecular weight is 347 g/mol. The molecule has 1 aromatic heterocycles. The fraction of sp³-hybridized carbons (Fsp3) is 0.364. The average Bonchev–Trinajstić information content (AvgIpc) is 2.86. The van der Waals surface area contributed by atoms with Crippen molar-refractivity contribution in [2.24, 2.45) is 0 Å². The Labute approximate surface area is 154 Å². The molecule has 4 nitrogen and oxygen atoms in total. The van der Waals surface area contributed by atoms with E-state index in [0.29, 0.717) is 12.1 Å². The van der Waals surface area contributed by atoms with Crippen molar-refractivity contribution in [3.8, 4) is 0 Å². The Hall–Kier alpha value is -2.62. The lowest BCUT2D eigenvalue weighted by molar-refractivity contribution is 0.0952. The van der Waals surface area contributed by atoms with Gasteiger partial charge in [0.05, 0.1) is 11.0 Å². The van der Waals surface area contributed by atoms with Crippen molar-refractivity contribution in [2.75, 3.05) is 6.54 Å². The minimum Gasteiger partial charge on any atom is -0.351 e. The van der Waals surface area contributed by atoms with E-state index in [1.807, 2.05) is 36.4 Å². The fourth-order valence-electron chi connectivity index (χ4n) is 3.74. The summed E-state index contributed by atoms with van der Waals surface area (Å²) in [7, 11) is 0. The van der Waals surface area contributed by atoms with Gasteiger partial charge in [0, 0.05) is 25.1 Å². The van der Waals surface area contributed by atoms with Gasteiger partial charge in [-0.3, -0.25) is 4.79 Å². The molecule has 134 valence electrons. The summed E-state index contributed by atoms with van der Waals surface area (Å²) in [4.78, 5) is 17.4. The fourth-order valence-corrected chi connectivity index (χ4v) is 3.74. The normalized spacial score (nSPS) is 15.3. The number of rotatable bonds is 4. The molecule has 0 unspecified atom stereocenters. The van der Waals surface area contributed by atoms with E-state index in [1.165, 1.54) is 24.8 Å². The van der Waals surface area contributed by atoms with Gasteiger partial charge in [0.2, 0.25) is 0 Å². The van der Waals surface area contributed by atoms with Crippen LogP contribution < -0.4 is 5.32 Å². The Morgan fingerprint density at radius 3 is 2.85 bits per heavy atom. The van der Waals surface area contributed by atoms with E-state index in [2.05, 4.69) is 28.9 Å². The van der Waals surface area contributed by atoms with Crippen molar-refractivity contribution < 1.29 is 4.79 Å². The first-order chi connectivity index (χ1) is 12.7. The van der Waals surface area contributed by atoms with Crippen LogP contribution in [0.15, 0.2) is 48.5 Å². The van der Waals surface area contributed by atoms with E-state index in [0.717, 1.165) is 29.8 Å². The lowest BCUT2D eigenvalue weighted by Crippen LogP contribution is -2.27. The number of carbonyl (C=O) groups excluding carboxylic acids is 1. The third kappa shape index (κ3) is 3.36. The van der Waals surface area contributed by atoms with Gasteiger partial charge in [-0.1, -0.05) is 43.7 Å². The summed E-state index contributed by atoms with van der Waals surface area (Å²) in [6, 6.07) is 16.2. The number of hydrogen-bond acceptors (Lipinski definition) is 2. The predicted molar refractivity (Wildman–Crippen MR) is 104 cm³/mol. The van der Waals surface area contributed by atoms with Gasteiger partial charge in [-0.05, 0) is 42.5 Å². The lowest BCUT2D eigenvalue weighted by Gasteiger charge is -2.13. The smallest absolute Gasteiger partial charge is 0.251 e. The van der Waals surface area contributed by atoms with Gasteiger partial charge in [0.15, 0.2) is 0 Å². The van der Waals surface area contributed by atoms with Crippen LogP contribution >= 0.6 is 0 Å². The summed E-state index contributed by atoms with van der Waals surface area (Å²) < 4.78 is 2.32. The number of nitrogens with one attached hydrogen (secondary N) is 1. The van der Waals surface area contributed by atoms with Crippen molar-refractivity contribution in [3.63, 3.8) is 0 Å². The van der Waals surface area contributed by atoms with E-state index < -0.39 is 0 Å². The molecule has 4 heteroatoms. The van der Waals surface area contributed by atoms with Gasteiger partial charge < -0.3 is 9.88 Å². The highest BCUT2D eigenvalue weighted by atomic mass is 16.1. The van der Waals surface area contributed by atoms with Crippen LogP contribution in [0, 0.1) is 0 Å². The van der Waals surface area contributed by atoms with Crippen LogP contribution in [0.3, 0.4) is 0 Å². The van der Waals surface area contributed by atoms with Crippen LogP contribution in [0.4, 0.5) is 0 Å². The molecule has 0 fully saturated rings. The van der Waals surface area contributed by atoms with E-state index in [-0.39, 0.29) is 11.8 Å². The quantitative estimate of drug-likeness (QED) is 0.765. The van der Waals surface area contributed by atoms with Gasteiger partial charge in [0.1, 0.15) is 5.82 Å². The minimum absolute atomic E-state index is 0.0297. The van der Waals surface area contributed by atoms with Crippen LogP contribution in [-0.4, -0.2) is 22.0 Å². The van der Waals surface area contributed by atoms with Crippen molar-refractivity contribution in [1.82, 2.24) is 14.9 Å². The molecule has 3 aromatic rings. The number of imidazole rings is 1. The zero-order valence-electron chi connectivity index (χ0n) is 15.2. The van der Waals surface area contributed by atoms with Crippen LogP contribution in [0.25, 0.3) is 11.0 Å². The van der Waals surface area contributed by atoms with Gasteiger partial charge >= 0.3 is 0 Å². The van der Waals surface area contributed by atoms with Gasteiger partial charge in [-0.15, -0.1) is 0 Å². The van der Waals surface area contributed by atoms with Gasteiger partial charge in [0.25, 0.3) is 5.91 Å². The van der Waals surface area contributed by atoms with E-state index in [9.17, 15) is 4.79 Å². The molecule has 4 rings (SSSR count). The Morgan fingerprint density at radius 2 is 2.00 bits per heavy atom. The maximum atomic E-state index is 12.6. The third-order valence-corrected chi connectivity index (χ3v) is 5.31. The number of fused-ring (bicyclic) bond motifs is 3. The second kappa shape index (κ2) is 7.32. The molecule has 1 aliphatic rings. The van der Waals surface area contributed by atoms with Crippen LogP contribution in [-0.2, 0) is 13.0 Å². The molecule has 0 aliphatic carbocycles. The topological polar surface area (TPSA) is 46.9 Å². The summed E-state index contributed by atoms with van der Waals surface area (Å²) >= 11 is 0. The number of aromatic nitrogens is 2. The minimum atomic E-state index is -0.0297. The largest absolute Gasteiger partial charge is 0.351 e. The number of amides is 1. The first-order valence-electron chi connectivity index (χ1n) is 9.54. The molecule has 2 aromatic carbocycles. The molecule has 1 N–H and O–H groups in total. The molecule has 1 aliphatic heterocycles. The highest BCUT2D eigenvalue weighted by molar-refractivity contribution is 5.97. The van der Waals surface area contributed by atoms with E-state index in [1.54, 1.807) is 0 Å². The zero-order valence-corrected chi connectivity index (χ0v) is 15.2. The number of benzene rings is 2. The molecule has 0 radical (unpaired) electrons. The number of aryl methyl sites for hydroxylation is 2. The summed E-state index contributed by atoms with van der Waals surface area (Å²) in [6.07, 6.45) is 4.71. The molecule has 0 spiro atoms. The SMILES string of the molecule is C[C@H](CNC(=O)c1ccc2c(c1)nc1n2CCCCC1)c1ccccc1. The molecule has 26 heavy (non-hydrogen) atoms. The van der Waals surface area contributed by atoms with Crippen molar-refractivity contribution in [1.29, 1.82) is 0 Å². The maximum absolute atomic E-state index is 12.6. The Bertz CT molecular complexity index is 914. The standard InChI is InChI=1S/C22H25N3O/c1-16(17-8-4-2-5-9-17)15-23-22(26)18-11-12-20-19(14-18)24-21-10-6-3-7-13-25(20)21/h2,4-5,8-9,11-12,14,16H,3,6-7,10,13,15H2,1H3,(H,23,26)/t16-/m1/s1. The number of carbonyl (C=O) groups is 1. The van der Waals surface area contributed by atoms with Crippen LogP contribution in [0.1, 0.15) is 53.8 Å². The Balaban J connectivity index is 1.48. The molecular formula is C22H25N3O. The summed E-state index contributed by atoms with van der Waals surface area (Å²) in [6.45, 7) is 3.79. The first-order valence-corrected chi connectivity index (χ1v) is 9.54. The van der Waals surface area contributed by atoms with Crippen LogP contribution in [0.5, 0.6) is 0 Å². The second-order valence-electron chi connectivity index (χ2n) is 7.22. The highest BCUT2D eigenvalue weighted by Crippen LogP contribution is 2.23. The van der Waals surface area contributed by atoms with Crippen molar-refractivity contribution in [3.05, 3.63) is 65.5 Å². The Kier molecular flexibility index (Phi) is 4.74. The van der Waals surface area contributed by atoms with Gasteiger partial charge in [-0.2, -0.15) is 0 Å². The van der Waals surface area contributed by atoms with Crippen molar-refractivity contribution >= 4 is 16.9 Å². The molecule has 0 saturated carbocycles. The van der Waals surface area contributed by atoms with Crippen molar-refractivity contribution in [2.45, 2.75) is 45.1 Å². The molecule has 0 bridgehead atoms. The predicted octanol–water partition coefficient (Wildman–Crippen LogP) is 4.30. The number of nitrogens with zero attached hydrogens (tertiary/aromatic N) is 2. The monoisotopic (exact) mass is 347 g/mol. The summed E-state index contributed by atoms with van der Waals surface area (Å²) in [5, 5.41) is 3.06. The Morgan fingerprint density at radius 1 is 1.15 bits per heavy atom. The maximum Gasteiger partial charge on any atom is 0.251 e. The molecule has 1 atom stereocenters.